The van der Waals surface area contributed by atoms with Gasteiger partial charge in [0.05, 0.1) is 6.61 Å². The molecular formula is C19H17N5O2S2. The lowest BCUT2D eigenvalue weighted by molar-refractivity contribution is 0.343. The summed E-state index contributed by atoms with van der Waals surface area (Å²) in [6.45, 7) is -0.145. The van der Waals surface area contributed by atoms with E-state index in [2.05, 4.69) is 21.0 Å². The van der Waals surface area contributed by atoms with Crippen molar-refractivity contribution in [3.63, 3.8) is 0 Å². The van der Waals surface area contributed by atoms with Crippen LogP contribution in [0.2, 0.25) is 0 Å². The van der Waals surface area contributed by atoms with Crippen molar-refractivity contribution >= 4 is 58.5 Å². The highest BCUT2D eigenvalue weighted by molar-refractivity contribution is 7.98. The summed E-state index contributed by atoms with van der Waals surface area (Å²) in [6.07, 6.45) is 3.18. The second-order valence-electron chi connectivity index (χ2n) is 6.04. The molecule has 0 atom stereocenters. The maximum Gasteiger partial charge on any atom is 0.280 e. The van der Waals surface area contributed by atoms with Gasteiger partial charge in [-0.25, -0.2) is 4.98 Å². The Kier molecular flexibility index (Phi) is 5.12. The fourth-order valence-electron chi connectivity index (χ4n) is 2.93. The fourth-order valence-corrected chi connectivity index (χ4v) is 4.36. The van der Waals surface area contributed by atoms with E-state index in [4.69, 9.17) is 23.5 Å². The zero-order chi connectivity index (χ0) is 19.7. The first kappa shape index (κ1) is 18.6. The molecule has 0 radical (unpaired) electrons. The summed E-state index contributed by atoms with van der Waals surface area (Å²) in [5, 5.41) is 11.9. The molecule has 0 aliphatic rings. The van der Waals surface area contributed by atoms with E-state index in [0.717, 1.165) is 21.2 Å². The predicted octanol–water partition coefficient (Wildman–Crippen LogP) is 2.90. The minimum absolute atomic E-state index is 0.0137. The summed E-state index contributed by atoms with van der Waals surface area (Å²) >= 11 is 6.15. The van der Waals surface area contributed by atoms with E-state index in [-0.39, 0.29) is 18.1 Å². The lowest BCUT2D eigenvalue weighted by Gasteiger charge is -2.09. The van der Waals surface area contributed by atoms with Crippen LogP contribution in [0.4, 0.5) is 5.95 Å². The van der Waals surface area contributed by atoms with Gasteiger partial charge in [-0.05, 0) is 22.4 Å². The van der Waals surface area contributed by atoms with E-state index in [9.17, 15) is 4.79 Å². The number of nitrogens with two attached hydrogens (primary N) is 1. The molecular weight excluding hydrogens is 394 g/mol. The summed E-state index contributed by atoms with van der Waals surface area (Å²) in [7, 11) is 0. The molecule has 0 aliphatic carbocycles. The van der Waals surface area contributed by atoms with Gasteiger partial charge in [0.15, 0.2) is 16.3 Å². The lowest BCUT2D eigenvalue weighted by Crippen LogP contribution is -2.11. The van der Waals surface area contributed by atoms with Crippen LogP contribution in [-0.4, -0.2) is 31.2 Å². The number of thiol groups is 1. The van der Waals surface area contributed by atoms with Crippen molar-refractivity contribution in [3.8, 4) is 0 Å². The third-order valence-corrected chi connectivity index (χ3v) is 5.77. The van der Waals surface area contributed by atoms with Crippen molar-refractivity contribution in [1.82, 2.24) is 19.5 Å². The number of aromatic nitrogens is 4. The highest BCUT2D eigenvalue weighted by Crippen LogP contribution is 2.31. The Bertz CT molecular complexity index is 1260. The number of nitrogens with zero attached hydrogens (tertiary/aromatic N) is 3. The first-order valence-corrected chi connectivity index (χ1v) is 9.89. The summed E-state index contributed by atoms with van der Waals surface area (Å²) in [5.41, 5.74) is 6.87. The van der Waals surface area contributed by atoms with Gasteiger partial charge in [0, 0.05) is 16.8 Å². The molecule has 7 nitrogen and oxygen atoms in total. The van der Waals surface area contributed by atoms with Gasteiger partial charge < -0.3 is 10.8 Å². The van der Waals surface area contributed by atoms with Gasteiger partial charge in [-0.15, -0.1) is 12.6 Å². The van der Waals surface area contributed by atoms with Gasteiger partial charge in [0.2, 0.25) is 5.95 Å². The molecule has 0 fully saturated rings. The van der Waals surface area contributed by atoms with Crippen LogP contribution in [0.25, 0.3) is 28.1 Å². The number of fused-ring (bicyclic) bond motifs is 2. The minimum atomic E-state index is -0.402. The van der Waals surface area contributed by atoms with Crippen molar-refractivity contribution in [2.24, 2.45) is 0 Å². The molecule has 28 heavy (non-hydrogen) atoms. The van der Waals surface area contributed by atoms with Crippen LogP contribution in [0, 0.1) is 0 Å². The number of aromatic amines is 1. The number of hydrogen-bond acceptors (Lipinski definition) is 7. The molecule has 2 aromatic carbocycles. The Labute approximate surface area is 169 Å². The van der Waals surface area contributed by atoms with Gasteiger partial charge in [0.1, 0.15) is 0 Å². The van der Waals surface area contributed by atoms with E-state index in [1.54, 1.807) is 16.8 Å². The second kappa shape index (κ2) is 7.70. The predicted molar refractivity (Wildman–Crippen MR) is 116 cm³/mol. The number of rotatable bonds is 5. The molecule has 0 aliphatic heterocycles. The molecule has 0 unspecified atom stereocenters. The van der Waals surface area contributed by atoms with Crippen LogP contribution in [0.15, 0.2) is 57.3 Å². The van der Waals surface area contributed by atoms with Crippen LogP contribution in [0.3, 0.4) is 0 Å². The van der Waals surface area contributed by atoms with Gasteiger partial charge >= 0.3 is 0 Å². The zero-order valence-electron chi connectivity index (χ0n) is 14.7. The number of thioether (sulfide) groups is 1. The van der Waals surface area contributed by atoms with E-state index in [1.165, 1.54) is 11.8 Å². The van der Waals surface area contributed by atoms with Crippen LogP contribution >= 0.6 is 24.4 Å². The normalized spacial score (nSPS) is 11.8. The number of nitrogen functional groups attached to an aromatic ring is 1. The van der Waals surface area contributed by atoms with Crippen molar-refractivity contribution in [1.29, 1.82) is 0 Å². The molecule has 0 saturated carbocycles. The zero-order valence-corrected chi connectivity index (χ0v) is 16.4. The van der Waals surface area contributed by atoms with E-state index < -0.39 is 5.56 Å². The number of aliphatic hydroxyl groups excluding tert-OH is 1. The molecule has 0 amide bonds. The van der Waals surface area contributed by atoms with Crippen molar-refractivity contribution in [3.05, 3.63) is 58.4 Å². The van der Waals surface area contributed by atoms with Gasteiger partial charge in [-0.3, -0.25) is 14.3 Å². The van der Waals surface area contributed by atoms with E-state index in [0.29, 0.717) is 16.6 Å². The first-order valence-electron chi connectivity index (χ1n) is 8.46. The summed E-state index contributed by atoms with van der Waals surface area (Å²) in [5.74, 6) is 0.618. The number of anilines is 1. The Hall–Kier alpha value is -2.75. The van der Waals surface area contributed by atoms with Gasteiger partial charge in [-0.2, -0.15) is 4.98 Å². The monoisotopic (exact) mass is 411 g/mol. The lowest BCUT2D eigenvalue weighted by atomic mass is 10.1. The average Bonchev–Trinajstić information content (AvgIpc) is 3.04. The third kappa shape index (κ3) is 3.39. The van der Waals surface area contributed by atoms with Crippen molar-refractivity contribution < 1.29 is 5.11 Å². The minimum Gasteiger partial charge on any atom is -0.392 e. The van der Waals surface area contributed by atoms with Crippen molar-refractivity contribution in [2.75, 3.05) is 12.3 Å². The standard InChI is InChI=1S/C19H17N5O2S2/c20-18-22-16-14(17(26)23-18)21-19(24(16)8-3-9-25)28-10-12-7-6-11-4-1-2-5-13(11)15(12)27/h1-8,25,27H,9-10H2,(H3,20,22,23,26). The Morgan fingerprint density at radius 2 is 2.07 bits per heavy atom. The number of H-pyrrole nitrogens is 1. The number of imidazole rings is 1. The molecule has 0 saturated heterocycles. The third-order valence-electron chi connectivity index (χ3n) is 4.24. The Morgan fingerprint density at radius 3 is 2.89 bits per heavy atom. The van der Waals surface area contributed by atoms with Crippen LogP contribution < -0.4 is 11.3 Å². The molecule has 2 heterocycles. The summed E-state index contributed by atoms with van der Waals surface area (Å²) in [4.78, 5) is 24.1. The fraction of sp³-hybridized carbons (Fsp3) is 0.105. The SMILES string of the molecule is Nc1nc2c(nc(SCc3ccc4ccccc4c3S)n2C=CCO)c(=O)[nH]1. The van der Waals surface area contributed by atoms with Crippen molar-refractivity contribution in [2.45, 2.75) is 15.8 Å². The quantitative estimate of drug-likeness (QED) is 0.297. The number of hydrogen-bond donors (Lipinski definition) is 4. The smallest absolute Gasteiger partial charge is 0.280 e. The molecule has 142 valence electrons. The molecule has 4 aromatic rings. The highest BCUT2D eigenvalue weighted by atomic mass is 32.2. The van der Waals surface area contributed by atoms with E-state index >= 15 is 0 Å². The second-order valence-corrected chi connectivity index (χ2v) is 7.43. The molecule has 2 aromatic heterocycles. The summed E-state index contributed by atoms with van der Waals surface area (Å²) < 4.78 is 1.65. The molecule has 0 spiro atoms. The molecule has 0 bridgehead atoms. The first-order chi connectivity index (χ1) is 13.6. The molecule has 4 N–H and O–H groups in total. The largest absolute Gasteiger partial charge is 0.392 e. The van der Waals surface area contributed by atoms with Crippen LogP contribution in [-0.2, 0) is 5.75 Å². The summed E-state index contributed by atoms with van der Waals surface area (Å²) in [6, 6.07) is 12.2. The number of nitrogens with one attached hydrogen (secondary N) is 1. The maximum absolute atomic E-state index is 12.2. The molecule has 9 heteroatoms. The topological polar surface area (TPSA) is 110 Å². The Balaban J connectivity index is 1.74. The number of aliphatic hydroxyl groups is 1. The highest BCUT2D eigenvalue weighted by Gasteiger charge is 2.15. The van der Waals surface area contributed by atoms with E-state index in [1.807, 2.05) is 30.3 Å². The van der Waals surface area contributed by atoms with Crippen LogP contribution in [0.1, 0.15) is 5.56 Å². The maximum atomic E-state index is 12.2. The molecule has 4 rings (SSSR count). The van der Waals surface area contributed by atoms with Gasteiger partial charge in [0.25, 0.3) is 5.56 Å². The van der Waals surface area contributed by atoms with Crippen LogP contribution in [0.5, 0.6) is 0 Å². The Morgan fingerprint density at radius 1 is 1.25 bits per heavy atom. The van der Waals surface area contributed by atoms with Gasteiger partial charge in [-0.1, -0.05) is 48.2 Å². The average molecular weight is 412 g/mol. The number of benzene rings is 2.